The Morgan fingerprint density at radius 3 is 3.06 bits per heavy atom. The van der Waals surface area contributed by atoms with Crippen LogP contribution < -0.4 is 5.32 Å². The van der Waals surface area contributed by atoms with Gasteiger partial charge < -0.3 is 5.32 Å². The molecule has 1 fully saturated rings. The van der Waals surface area contributed by atoms with Crippen LogP contribution in [0.2, 0.25) is 0 Å². The van der Waals surface area contributed by atoms with Gasteiger partial charge in [0.15, 0.2) is 0 Å². The summed E-state index contributed by atoms with van der Waals surface area (Å²) in [5.41, 5.74) is 1.10. The molecule has 94 valence electrons. The molecular weight excluding hydrogens is 244 g/mol. The topological polar surface area (TPSA) is 42.7 Å². The molecule has 3 heterocycles. The molecule has 0 amide bonds. The number of hydrogen-bond acceptors (Lipinski definition) is 4. The summed E-state index contributed by atoms with van der Waals surface area (Å²) in [6.07, 6.45) is 9.88. The third-order valence-corrected chi connectivity index (χ3v) is 4.26. The molecule has 1 N–H and O–H groups in total. The highest BCUT2D eigenvalue weighted by molar-refractivity contribution is 7.99. The normalized spacial score (nSPS) is 19.7. The second kappa shape index (κ2) is 5.44. The molecule has 1 unspecified atom stereocenters. The molecule has 0 radical (unpaired) electrons. The Morgan fingerprint density at radius 2 is 2.39 bits per heavy atom. The first-order chi connectivity index (χ1) is 8.92. The minimum absolute atomic E-state index is 0.588. The standard InChI is InChI=1S/C13H16N4S/c1-2-12(9-18-7-1)16-11-3-4-13(15-8-11)17-6-5-14-10-17/h3-6,8,10,12,16H,1-2,7,9H2. The minimum atomic E-state index is 0.588. The molecule has 0 spiro atoms. The molecule has 4 nitrogen and oxygen atoms in total. The molecule has 18 heavy (non-hydrogen) atoms. The highest BCUT2D eigenvalue weighted by atomic mass is 32.2. The second-order valence-corrected chi connectivity index (χ2v) is 5.58. The van der Waals surface area contributed by atoms with Gasteiger partial charge in [0.05, 0.1) is 11.9 Å². The van der Waals surface area contributed by atoms with E-state index in [1.165, 1.54) is 24.3 Å². The molecule has 1 aliphatic rings. The maximum Gasteiger partial charge on any atom is 0.137 e. The summed E-state index contributed by atoms with van der Waals surface area (Å²) in [4.78, 5) is 8.46. The predicted octanol–water partition coefficient (Wildman–Crippen LogP) is 2.57. The van der Waals surface area contributed by atoms with E-state index in [9.17, 15) is 0 Å². The number of imidazole rings is 1. The van der Waals surface area contributed by atoms with Crippen molar-refractivity contribution in [1.29, 1.82) is 0 Å². The monoisotopic (exact) mass is 260 g/mol. The molecule has 0 saturated carbocycles. The van der Waals surface area contributed by atoms with Gasteiger partial charge in [-0.05, 0) is 30.7 Å². The van der Waals surface area contributed by atoms with Crippen LogP contribution in [0, 0.1) is 0 Å². The maximum absolute atomic E-state index is 4.44. The van der Waals surface area contributed by atoms with Crippen LogP contribution in [-0.4, -0.2) is 32.1 Å². The summed E-state index contributed by atoms with van der Waals surface area (Å²) in [6.45, 7) is 0. The summed E-state index contributed by atoms with van der Waals surface area (Å²) < 4.78 is 1.90. The Hall–Kier alpha value is -1.49. The Balaban J connectivity index is 1.67. The van der Waals surface area contributed by atoms with Gasteiger partial charge in [0.25, 0.3) is 0 Å². The number of hydrogen-bond donors (Lipinski definition) is 1. The molecular formula is C13H16N4S. The van der Waals surface area contributed by atoms with E-state index in [0.717, 1.165) is 11.5 Å². The zero-order chi connectivity index (χ0) is 12.2. The van der Waals surface area contributed by atoms with Crippen LogP contribution >= 0.6 is 11.8 Å². The van der Waals surface area contributed by atoms with E-state index in [1.54, 1.807) is 12.5 Å². The van der Waals surface area contributed by atoms with Crippen LogP contribution in [0.15, 0.2) is 37.1 Å². The molecule has 5 heteroatoms. The lowest BCUT2D eigenvalue weighted by Gasteiger charge is -2.23. The van der Waals surface area contributed by atoms with Crippen LogP contribution in [0.4, 0.5) is 5.69 Å². The molecule has 1 atom stereocenters. The van der Waals surface area contributed by atoms with Crippen molar-refractivity contribution in [3.63, 3.8) is 0 Å². The highest BCUT2D eigenvalue weighted by Crippen LogP contribution is 2.20. The molecule has 0 bridgehead atoms. The van der Waals surface area contributed by atoms with Gasteiger partial charge in [-0.3, -0.25) is 4.57 Å². The van der Waals surface area contributed by atoms with Crippen molar-refractivity contribution in [1.82, 2.24) is 14.5 Å². The van der Waals surface area contributed by atoms with Gasteiger partial charge in [0.2, 0.25) is 0 Å². The van der Waals surface area contributed by atoms with Crippen molar-refractivity contribution >= 4 is 17.4 Å². The fraction of sp³-hybridized carbons (Fsp3) is 0.385. The lowest BCUT2D eigenvalue weighted by molar-refractivity contribution is 0.685. The molecule has 0 aromatic carbocycles. The van der Waals surface area contributed by atoms with Gasteiger partial charge in [-0.25, -0.2) is 9.97 Å². The SMILES string of the molecule is c1cn(-c2ccc(NC3CCCSC3)cn2)cn1. The number of nitrogens with one attached hydrogen (secondary N) is 1. The largest absolute Gasteiger partial charge is 0.380 e. The van der Waals surface area contributed by atoms with E-state index in [0.29, 0.717) is 6.04 Å². The van der Waals surface area contributed by atoms with Crippen LogP contribution in [0.25, 0.3) is 5.82 Å². The van der Waals surface area contributed by atoms with Crippen LogP contribution in [0.1, 0.15) is 12.8 Å². The molecule has 2 aromatic heterocycles. The van der Waals surface area contributed by atoms with Crippen molar-refractivity contribution in [2.75, 3.05) is 16.8 Å². The summed E-state index contributed by atoms with van der Waals surface area (Å²) in [6, 6.07) is 4.69. The minimum Gasteiger partial charge on any atom is -0.380 e. The first kappa shape index (κ1) is 11.6. The Labute approximate surface area is 111 Å². The second-order valence-electron chi connectivity index (χ2n) is 4.43. The van der Waals surface area contributed by atoms with Gasteiger partial charge in [-0.2, -0.15) is 11.8 Å². The van der Waals surface area contributed by atoms with Gasteiger partial charge in [0, 0.05) is 24.2 Å². The van der Waals surface area contributed by atoms with Crippen molar-refractivity contribution in [2.45, 2.75) is 18.9 Å². The van der Waals surface area contributed by atoms with E-state index in [4.69, 9.17) is 0 Å². The van der Waals surface area contributed by atoms with Crippen molar-refractivity contribution < 1.29 is 0 Å². The predicted molar refractivity (Wildman–Crippen MR) is 75.3 cm³/mol. The van der Waals surface area contributed by atoms with E-state index >= 15 is 0 Å². The summed E-state index contributed by atoms with van der Waals surface area (Å²) >= 11 is 2.03. The average Bonchev–Trinajstić information content (AvgIpc) is 2.95. The van der Waals surface area contributed by atoms with Gasteiger partial charge in [-0.15, -0.1) is 0 Å². The summed E-state index contributed by atoms with van der Waals surface area (Å²) in [5.74, 6) is 3.40. The first-order valence-electron chi connectivity index (χ1n) is 6.20. The van der Waals surface area contributed by atoms with Crippen molar-refractivity contribution in [3.05, 3.63) is 37.1 Å². The fourth-order valence-electron chi connectivity index (χ4n) is 2.11. The molecule has 2 aromatic rings. The summed E-state index contributed by atoms with van der Waals surface area (Å²) in [5, 5.41) is 3.55. The molecule has 1 saturated heterocycles. The molecule has 1 aliphatic heterocycles. The Kier molecular flexibility index (Phi) is 3.50. The number of pyridine rings is 1. The zero-order valence-electron chi connectivity index (χ0n) is 10.1. The summed E-state index contributed by atoms with van der Waals surface area (Å²) in [7, 11) is 0. The number of aromatic nitrogens is 3. The first-order valence-corrected chi connectivity index (χ1v) is 7.36. The maximum atomic E-state index is 4.44. The van der Waals surface area contributed by atoms with Crippen molar-refractivity contribution in [3.8, 4) is 5.82 Å². The third-order valence-electron chi connectivity index (χ3n) is 3.05. The third kappa shape index (κ3) is 2.67. The number of nitrogens with zero attached hydrogens (tertiary/aromatic N) is 3. The van der Waals surface area contributed by atoms with Crippen LogP contribution in [0.3, 0.4) is 0 Å². The highest BCUT2D eigenvalue weighted by Gasteiger charge is 2.13. The lowest BCUT2D eigenvalue weighted by atomic mass is 10.2. The van der Waals surface area contributed by atoms with Crippen LogP contribution in [-0.2, 0) is 0 Å². The number of rotatable bonds is 3. The molecule has 0 aliphatic carbocycles. The van der Waals surface area contributed by atoms with E-state index in [-0.39, 0.29) is 0 Å². The Morgan fingerprint density at radius 1 is 1.39 bits per heavy atom. The Bertz CT molecular complexity index is 474. The quantitative estimate of drug-likeness (QED) is 0.921. The van der Waals surface area contributed by atoms with E-state index in [2.05, 4.69) is 21.4 Å². The van der Waals surface area contributed by atoms with Gasteiger partial charge >= 0.3 is 0 Å². The number of thioether (sulfide) groups is 1. The zero-order valence-corrected chi connectivity index (χ0v) is 10.9. The van der Waals surface area contributed by atoms with Gasteiger partial charge in [-0.1, -0.05) is 0 Å². The smallest absolute Gasteiger partial charge is 0.137 e. The van der Waals surface area contributed by atoms with E-state index in [1.807, 2.05) is 34.8 Å². The number of anilines is 1. The van der Waals surface area contributed by atoms with Gasteiger partial charge in [0.1, 0.15) is 12.1 Å². The average molecular weight is 260 g/mol. The lowest BCUT2D eigenvalue weighted by Crippen LogP contribution is -2.25. The van der Waals surface area contributed by atoms with Crippen molar-refractivity contribution in [2.24, 2.45) is 0 Å². The van der Waals surface area contributed by atoms with Crippen LogP contribution in [0.5, 0.6) is 0 Å². The van der Waals surface area contributed by atoms with E-state index < -0.39 is 0 Å². The molecule has 3 rings (SSSR count). The fourth-order valence-corrected chi connectivity index (χ4v) is 3.18.